The van der Waals surface area contributed by atoms with E-state index in [2.05, 4.69) is 10.3 Å². The van der Waals surface area contributed by atoms with Crippen LogP contribution in [0.15, 0.2) is 70.6 Å². The number of aliphatic imine (C=N–C) groups is 1. The van der Waals surface area contributed by atoms with Gasteiger partial charge in [-0.05, 0) is 60.2 Å². The topological polar surface area (TPSA) is 59.9 Å². The van der Waals surface area contributed by atoms with Gasteiger partial charge in [-0.3, -0.25) is 4.79 Å². The number of amides is 1. The standard InChI is InChI=1S/C25H20Cl2N2O3S/c1-15-6-8-16(9-7-15)14-32-20-11-10-17(12-21(20)31-2)13-22-24(30)29-25(33-22)28-19-5-3-4-18(26)23(19)27/h3-13H,14H2,1-2H3,(H,28,29,30)/b22-13+. The third-order valence-electron chi connectivity index (χ3n) is 4.80. The van der Waals surface area contributed by atoms with Crippen LogP contribution in [0.1, 0.15) is 16.7 Å². The summed E-state index contributed by atoms with van der Waals surface area (Å²) in [7, 11) is 1.58. The molecule has 0 radical (unpaired) electrons. The van der Waals surface area contributed by atoms with Crippen molar-refractivity contribution < 1.29 is 14.3 Å². The zero-order chi connectivity index (χ0) is 23.4. The number of nitrogens with one attached hydrogen (secondary N) is 1. The summed E-state index contributed by atoms with van der Waals surface area (Å²) < 4.78 is 11.4. The molecule has 0 aromatic heterocycles. The van der Waals surface area contributed by atoms with E-state index in [1.165, 1.54) is 17.3 Å². The molecule has 3 aromatic rings. The molecule has 1 fully saturated rings. The summed E-state index contributed by atoms with van der Waals surface area (Å²) in [6, 6.07) is 18.9. The highest BCUT2D eigenvalue weighted by molar-refractivity contribution is 8.18. The van der Waals surface area contributed by atoms with E-state index < -0.39 is 0 Å². The highest BCUT2D eigenvalue weighted by Crippen LogP contribution is 2.35. The lowest BCUT2D eigenvalue weighted by atomic mass is 10.1. The lowest BCUT2D eigenvalue weighted by molar-refractivity contribution is -0.115. The van der Waals surface area contributed by atoms with Crippen molar-refractivity contribution in [3.63, 3.8) is 0 Å². The normalized spacial score (nSPS) is 15.7. The van der Waals surface area contributed by atoms with Crippen LogP contribution in [0.25, 0.3) is 6.08 Å². The maximum Gasteiger partial charge on any atom is 0.264 e. The van der Waals surface area contributed by atoms with E-state index in [4.69, 9.17) is 32.7 Å². The second-order valence-electron chi connectivity index (χ2n) is 7.24. The van der Waals surface area contributed by atoms with Crippen molar-refractivity contribution in [2.45, 2.75) is 13.5 Å². The minimum atomic E-state index is -0.240. The zero-order valence-electron chi connectivity index (χ0n) is 17.9. The van der Waals surface area contributed by atoms with Crippen molar-refractivity contribution in [2.75, 3.05) is 7.11 Å². The average molecular weight is 499 g/mol. The SMILES string of the molecule is COc1cc(/C=C2/SC(=Nc3cccc(Cl)c3Cl)NC2=O)ccc1OCc1ccc(C)cc1. The molecule has 0 aliphatic carbocycles. The number of halogens is 2. The number of carbonyl (C=O) groups is 1. The highest BCUT2D eigenvalue weighted by atomic mass is 35.5. The van der Waals surface area contributed by atoms with Crippen LogP contribution in [0.4, 0.5) is 5.69 Å². The number of aryl methyl sites for hydroxylation is 1. The van der Waals surface area contributed by atoms with Crippen LogP contribution in [0.3, 0.4) is 0 Å². The van der Waals surface area contributed by atoms with Gasteiger partial charge < -0.3 is 14.8 Å². The first-order valence-electron chi connectivity index (χ1n) is 10.0. The molecule has 1 amide bonds. The van der Waals surface area contributed by atoms with Gasteiger partial charge in [0.1, 0.15) is 6.61 Å². The Morgan fingerprint density at radius 1 is 1.06 bits per heavy atom. The molecule has 0 spiro atoms. The van der Waals surface area contributed by atoms with Crippen LogP contribution in [0, 0.1) is 6.92 Å². The number of benzene rings is 3. The quantitative estimate of drug-likeness (QED) is 0.380. The third kappa shape index (κ3) is 5.71. The maximum absolute atomic E-state index is 12.4. The Hall–Kier alpha value is -2.93. The van der Waals surface area contributed by atoms with Crippen LogP contribution in [-0.2, 0) is 11.4 Å². The van der Waals surface area contributed by atoms with Gasteiger partial charge in [0.25, 0.3) is 5.91 Å². The van der Waals surface area contributed by atoms with Crippen molar-refractivity contribution in [3.05, 3.63) is 92.3 Å². The van der Waals surface area contributed by atoms with E-state index in [-0.39, 0.29) is 5.91 Å². The number of thioether (sulfide) groups is 1. The van der Waals surface area contributed by atoms with Gasteiger partial charge in [0.2, 0.25) is 0 Å². The van der Waals surface area contributed by atoms with Crippen molar-refractivity contribution in [1.29, 1.82) is 0 Å². The molecule has 3 aromatic carbocycles. The molecular weight excluding hydrogens is 479 g/mol. The number of nitrogens with zero attached hydrogens (tertiary/aromatic N) is 1. The minimum absolute atomic E-state index is 0.240. The molecule has 1 aliphatic rings. The summed E-state index contributed by atoms with van der Waals surface area (Å²) in [5, 5.41) is 3.92. The largest absolute Gasteiger partial charge is 0.493 e. The first-order valence-corrected chi connectivity index (χ1v) is 11.6. The smallest absolute Gasteiger partial charge is 0.264 e. The van der Waals surface area contributed by atoms with E-state index in [0.29, 0.717) is 43.9 Å². The van der Waals surface area contributed by atoms with Gasteiger partial charge in [-0.2, -0.15) is 0 Å². The molecule has 8 heteroatoms. The Bertz CT molecular complexity index is 1260. The summed E-state index contributed by atoms with van der Waals surface area (Å²) in [4.78, 5) is 17.4. The van der Waals surface area contributed by atoms with Crippen LogP contribution in [0.5, 0.6) is 11.5 Å². The lowest BCUT2D eigenvalue weighted by Crippen LogP contribution is -2.19. The number of hydrogen-bond acceptors (Lipinski definition) is 5. The average Bonchev–Trinajstić information content (AvgIpc) is 3.15. The number of ether oxygens (including phenoxy) is 2. The highest BCUT2D eigenvalue weighted by Gasteiger charge is 2.24. The van der Waals surface area contributed by atoms with Gasteiger partial charge in [0.15, 0.2) is 16.7 Å². The van der Waals surface area contributed by atoms with Gasteiger partial charge >= 0.3 is 0 Å². The number of rotatable bonds is 6. The summed E-state index contributed by atoms with van der Waals surface area (Å²) in [5.41, 5.74) is 3.56. The van der Waals surface area contributed by atoms with Crippen LogP contribution >= 0.6 is 35.0 Å². The Morgan fingerprint density at radius 3 is 2.61 bits per heavy atom. The molecule has 4 rings (SSSR count). The van der Waals surface area contributed by atoms with Crippen molar-refractivity contribution in [2.24, 2.45) is 4.99 Å². The number of amidine groups is 1. The maximum atomic E-state index is 12.4. The zero-order valence-corrected chi connectivity index (χ0v) is 20.2. The van der Waals surface area contributed by atoms with Crippen LogP contribution in [-0.4, -0.2) is 18.2 Å². The Kier molecular flexibility index (Phi) is 7.28. The molecule has 1 saturated heterocycles. The molecule has 168 valence electrons. The first kappa shape index (κ1) is 23.2. The van der Waals surface area contributed by atoms with Gasteiger partial charge in [-0.15, -0.1) is 0 Å². The molecule has 1 aliphatic heterocycles. The van der Waals surface area contributed by atoms with Crippen LogP contribution in [0.2, 0.25) is 10.0 Å². The summed E-state index contributed by atoms with van der Waals surface area (Å²) >= 11 is 13.5. The first-order chi connectivity index (χ1) is 15.9. The van der Waals surface area contributed by atoms with E-state index in [9.17, 15) is 4.79 Å². The van der Waals surface area contributed by atoms with E-state index in [1.54, 1.807) is 31.4 Å². The van der Waals surface area contributed by atoms with Crippen molar-refractivity contribution in [3.8, 4) is 11.5 Å². The van der Waals surface area contributed by atoms with Gasteiger partial charge in [-0.25, -0.2) is 4.99 Å². The fourth-order valence-electron chi connectivity index (χ4n) is 3.06. The minimum Gasteiger partial charge on any atom is -0.493 e. The van der Waals surface area contributed by atoms with E-state index in [0.717, 1.165) is 11.1 Å². The van der Waals surface area contributed by atoms with E-state index >= 15 is 0 Å². The molecule has 5 nitrogen and oxygen atoms in total. The van der Waals surface area contributed by atoms with Gasteiger partial charge in [0.05, 0.1) is 27.7 Å². The van der Waals surface area contributed by atoms with Crippen molar-refractivity contribution >= 4 is 57.8 Å². The summed E-state index contributed by atoms with van der Waals surface area (Å²) in [6.45, 7) is 2.48. The molecule has 1 heterocycles. The molecule has 33 heavy (non-hydrogen) atoms. The summed E-state index contributed by atoms with van der Waals surface area (Å²) in [5.74, 6) is 0.969. The summed E-state index contributed by atoms with van der Waals surface area (Å²) in [6.07, 6.45) is 1.77. The molecular formula is C25H20Cl2N2O3S. The molecule has 1 N–H and O–H groups in total. The predicted molar refractivity (Wildman–Crippen MR) is 136 cm³/mol. The second-order valence-corrected chi connectivity index (χ2v) is 9.06. The number of carbonyl (C=O) groups excluding carboxylic acids is 1. The van der Waals surface area contributed by atoms with E-state index in [1.807, 2.05) is 49.4 Å². The fourth-order valence-corrected chi connectivity index (χ4v) is 4.23. The Morgan fingerprint density at radius 2 is 1.85 bits per heavy atom. The predicted octanol–water partition coefficient (Wildman–Crippen LogP) is 6.78. The Balaban J connectivity index is 1.50. The molecule has 0 saturated carbocycles. The Labute approximate surface area is 206 Å². The van der Waals surface area contributed by atoms with Gasteiger partial charge in [0, 0.05) is 0 Å². The van der Waals surface area contributed by atoms with Gasteiger partial charge in [-0.1, -0.05) is 65.2 Å². The molecule has 0 bridgehead atoms. The van der Waals surface area contributed by atoms with Crippen LogP contribution < -0.4 is 14.8 Å². The molecule has 0 atom stereocenters. The fraction of sp³-hybridized carbons (Fsp3) is 0.120. The number of methoxy groups -OCH3 is 1. The monoisotopic (exact) mass is 498 g/mol. The second kappa shape index (κ2) is 10.3. The third-order valence-corrected chi connectivity index (χ3v) is 6.52. The molecule has 0 unspecified atom stereocenters. The van der Waals surface area contributed by atoms with Crippen molar-refractivity contribution in [1.82, 2.24) is 5.32 Å². The lowest BCUT2D eigenvalue weighted by Gasteiger charge is -2.11. The number of hydrogen-bond donors (Lipinski definition) is 1.